The third-order valence-electron chi connectivity index (χ3n) is 6.16. The van der Waals surface area contributed by atoms with E-state index in [1.807, 2.05) is 12.1 Å². The molecule has 2 aliphatic heterocycles. The number of fused-ring (bicyclic) bond motifs is 5. The lowest BCUT2D eigenvalue weighted by atomic mass is 9.89. The molecule has 150 valence electrons. The number of rotatable bonds is 1. The van der Waals surface area contributed by atoms with Gasteiger partial charge in [0.15, 0.2) is 5.70 Å². The molecule has 0 bridgehead atoms. The molecule has 4 heterocycles. The van der Waals surface area contributed by atoms with Gasteiger partial charge in [-0.1, -0.05) is 30.0 Å². The van der Waals surface area contributed by atoms with E-state index in [0.29, 0.717) is 17.0 Å². The van der Waals surface area contributed by atoms with Crippen LogP contribution in [0, 0.1) is 11.8 Å². The largest absolute Gasteiger partial charge is 0.737 e. The van der Waals surface area contributed by atoms with Crippen LogP contribution in [-0.4, -0.2) is 26.7 Å². The van der Waals surface area contributed by atoms with Gasteiger partial charge in [0.05, 0.1) is 0 Å². The topological polar surface area (TPSA) is 12.9 Å². The van der Waals surface area contributed by atoms with Crippen LogP contribution < -0.4 is 0 Å². The van der Waals surface area contributed by atoms with E-state index in [-0.39, 0.29) is 0 Å². The Morgan fingerprint density at radius 3 is 2.68 bits per heavy atom. The van der Waals surface area contributed by atoms with E-state index >= 15 is 0 Å². The molecular formula is C25H18BF2N3. The van der Waals surface area contributed by atoms with E-state index < -0.39 is 6.97 Å². The standard InChI is InChI=1S/C25H18BF2N3/c1-2-29-22-8-4-3-7-19(22)21-17-18(12-14-23(21)29)11-13-20-24-9-5-15-30(24)26(27,28)31-16-6-10-25(20)31/h3-10,12,14-17H,2H2,1H3. The first-order valence-corrected chi connectivity index (χ1v) is 10.4. The Hall–Kier alpha value is -3.85. The lowest BCUT2D eigenvalue weighted by Gasteiger charge is -2.29. The summed E-state index contributed by atoms with van der Waals surface area (Å²) in [6.45, 7) is -0.868. The highest BCUT2D eigenvalue weighted by Crippen LogP contribution is 2.34. The molecule has 0 saturated heterocycles. The van der Waals surface area contributed by atoms with Gasteiger partial charge in [-0.3, -0.25) is 0 Å². The first-order valence-electron chi connectivity index (χ1n) is 10.4. The molecule has 0 spiro atoms. The van der Waals surface area contributed by atoms with Crippen molar-refractivity contribution >= 4 is 40.6 Å². The van der Waals surface area contributed by atoms with Crippen molar-refractivity contribution in [3.63, 3.8) is 0 Å². The Kier molecular flexibility index (Phi) is 3.67. The zero-order chi connectivity index (χ0) is 21.2. The highest BCUT2D eigenvalue weighted by molar-refractivity contribution is 6.57. The summed E-state index contributed by atoms with van der Waals surface area (Å²) in [7, 11) is 0. The minimum atomic E-state index is -3.89. The number of hydrogen-bond donors (Lipinski definition) is 0. The van der Waals surface area contributed by atoms with E-state index in [2.05, 4.69) is 53.7 Å². The highest BCUT2D eigenvalue weighted by Gasteiger charge is 2.51. The lowest BCUT2D eigenvalue weighted by Crippen LogP contribution is -2.49. The average molecular weight is 409 g/mol. The quantitative estimate of drug-likeness (QED) is 0.300. The summed E-state index contributed by atoms with van der Waals surface area (Å²) in [6, 6.07) is 17.9. The molecule has 0 saturated carbocycles. The first-order chi connectivity index (χ1) is 15.1. The third kappa shape index (κ3) is 2.44. The zero-order valence-corrected chi connectivity index (χ0v) is 16.9. The van der Waals surface area contributed by atoms with Gasteiger partial charge < -0.3 is 22.2 Å². The second kappa shape index (κ2) is 6.32. The lowest BCUT2D eigenvalue weighted by molar-refractivity contribution is -0.356. The van der Waals surface area contributed by atoms with E-state index in [9.17, 15) is 8.63 Å². The minimum absolute atomic E-state index is 0.451. The van der Waals surface area contributed by atoms with E-state index in [0.717, 1.165) is 26.5 Å². The Labute approximate surface area is 178 Å². The molecule has 6 heteroatoms. The maximum absolute atomic E-state index is 14.9. The van der Waals surface area contributed by atoms with Crippen molar-refractivity contribution in [2.45, 2.75) is 13.5 Å². The van der Waals surface area contributed by atoms with Crippen molar-refractivity contribution in [2.24, 2.45) is 0 Å². The van der Waals surface area contributed by atoms with Crippen LogP contribution in [0.25, 0.3) is 27.4 Å². The molecule has 2 aliphatic rings. The van der Waals surface area contributed by atoms with Gasteiger partial charge in [0, 0.05) is 51.8 Å². The van der Waals surface area contributed by atoms with Crippen molar-refractivity contribution in [1.82, 2.24) is 9.05 Å². The predicted octanol–water partition coefficient (Wildman–Crippen LogP) is 5.27. The Morgan fingerprint density at radius 1 is 0.968 bits per heavy atom. The molecule has 0 radical (unpaired) electrons. The predicted molar refractivity (Wildman–Crippen MR) is 122 cm³/mol. The average Bonchev–Trinajstić information content (AvgIpc) is 3.51. The van der Waals surface area contributed by atoms with E-state index in [1.165, 1.54) is 28.8 Å². The van der Waals surface area contributed by atoms with Crippen LogP contribution >= 0.6 is 0 Å². The van der Waals surface area contributed by atoms with Crippen molar-refractivity contribution in [3.8, 4) is 11.8 Å². The SMILES string of the molecule is CCn1c2ccccc2c2cc(C#CC3=C4C=CC=[N+]4[B-](F)(F)n4cccc43)ccc21. The summed E-state index contributed by atoms with van der Waals surface area (Å²) in [5, 5.41) is 2.35. The fourth-order valence-corrected chi connectivity index (χ4v) is 4.75. The molecule has 0 aliphatic carbocycles. The summed E-state index contributed by atoms with van der Waals surface area (Å²) in [6.07, 6.45) is 6.19. The summed E-state index contributed by atoms with van der Waals surface area (Å²) in [5.41, 5.74) is 4.74. The monoisotopic (exact) mass is 409 g/mol. The third-order valence-corrected chi connectivity index (χ3v) is 6.16. The fraction of sp³-hybridized carbons (Fsp3) is 0.0800. The highest BCUT2D eigenvalue weighted by atomic mass is 19.2. The number of nitrogens with zero attached hydrogens (tertiary/aromatic N) is 3. The molecule has 0 fully saturated rings. The molecule has 3 nitrogen and oxygen atoms in total. The fourth-order valence-electron chi connectivity index (χ4n) is 4.75. The Morgan fingerprint density at radius 2 is 1.81 bits per heavy atom. The molecular weight excluding hydrogens is 391 g/mol. The van der Waals surface area contributed by atoms with Crippen LogP contribution in [-0.2, 0) is 6.54 Å². The van der Waals surface area contributed by atoms with Crippen molar-refractivity contribution in [3.05, 3.63) is 89.9 Å². The number of aryl methyl sites for hydroxylation is 1. The number of benzene rings is 2. The van der Waals surface area contributed by atoms with Crippen LogP contribution in [0.2, 0.25) is 0 Å². The zero-order valence-electron chi connectivity index (χ0n) is 16.9. The minimum Gasteiger partial charge on any atom is -0.395 e. The molecule has 2 aromatic heterocycles. The second-order valence-electron chi connectivity index (χ2n) is 7.81. The van der Waals surface area contributed by atoms with Gasteiger partial charge in [-0.05, 0) is 49.5 Å². The molecule has 4 aromatic rings. The number of halogens is 2. The molecule has 0 N–H and O–H groups in total. The Bertz CT molecular complexity index is 1550. The summed E-state index contributed by atoms with van der Waals surface area (Å²) >= 11 is 0. The van der Waals surface area contributed by atoms with E-state index in [1.54, 1.807) is 24.3 Å². The van der Waals surface area contributed by atoms with Crippen molar-refractivity contribution in [1.29, 1.82) is 0 Å². The normalized spacial score (nSPS) is 16.3. The van der Waals surface area contributed by atoms with Gasteiger partial charge in [0.25, 0.3) is 0 Å². The van der Waals surface area contributed by atoms with Crippen LogP contribution in [0.3, 0.4) is 0 Å². The van der Waals surface area contributed by atoms with Crippen molar-refractivity contribution in [2.75, 3.05) is 0 Å². The van der Waals surface area contributed by atoms with Gasteiger partial charge in [-0.25, -0.2) is 0 Å². The van der Waals surface area contributed by atoms with Gasteiger partial charge in [-0.2, -0.15) is 0 Å². The molecule has 6 rings (SSSR count). The van der Waals surface area contributed by atoms with Gasteiger partial charge in [0.2, 0.25) is 0 Å². The molecule has 31 heavy (non-hydrogen) atoms. The van der Waals surface area contributed by atoms with Crippen LogP contribution in [0.4, 0.5) is 8.63 Å². The Balaban J connectivity index is 1.52. The summed E-state index contributed by atoms with van der Waals surface area (Å²) < 4.78 is 34.1. The number of allylic oxidation sites excluding steroid dienone is 3. The smallest absolute Gasteiger partial charge is 0.395 e. The number of hydrogen-bond acceptors (Lipinski definition) is 0. The van der Waals surface area contributed by atoms with Gasteiger partial charge >= 0.3 is 6.97 Å². The van der Waals surface area contributed by atoms with Crippen LogP contribution in [0.1, 0.15) is 18.2 Å². The molecule has 0 amide bonds. The van der Waals surface area contributed by atoms with E-state index in [4.69, 9.17) is 0 Å². The number of para-hydroxylation sites is 1. The summed E-state index contributed by atoms with van der Waals surface area (Å²) in [4.78, 5) is 0. The summed E-state index contributed by atoms with van der Waals surface area (Å²) in [5.74, 6) is 6.41. The molecule has 0 atom stereocenters. The van der Waals surface area contributed by atoms with Crippen LogP contribution in [0.5, 0.6) is 0 Å². The maximum Gasteiger partial charge on any atom is 0.737 e. The second-order valence-corrected chi connectivity index (χ2v) is 7.81. The first kappa shape index (κ1) is 18.0. The van der Waals surface area contributed by atoms with Gasteiger partial charge in [-0.15, -0.1) is 0 Å². The van der Waals surface area contributed by atoms with Gasteiger partial charge in [0.1, 0.15) is 11.8 Å². The molecule has 2 aromatic carbocycles. The number of aromatic nitrogens is 2. The van der Waals surface area contributed by atoms with Crippen LogP contribution in [0.15, 0.2) is 78.6 Å². The molecule has 0 unspecified atom stereocenters. The van der Waals surface area contributed by atoms with Crippen molar-refractivity contribution < 1.29 is 13.1 Å². The maximum atomic E-state index is 14.9.